The van der Waals surface area contributed by atoms with Crippen molar-refractivity contribution in [3.8, 4) is 0 Å². The van der Waals surface area contributed by atoms with Gasteiger partial charge >= 0.3 is 0 Å². The molecule has 1 rings (SSSR count). The molecule has 0 spiro atoms. The number of carbonyl (C=O) groups excluding carboxylic acids is 1. The number of aldehydes is 1. The van der Waals surface area contributed by atoms with Crippen LogP contribution in [0.15, 0.2) is 18.3 Å². The van der Waals surface area contributed by atoms with Crippen molar-refractivity contribution in [1.29, 1.82) is 0 Å². The number of aromatic nitrogens is 1. The summed E-state index contributed by atoms with van der Waals surface area (Å²) in [5.74, 6) is 0. The monoisotopic (exact) mass is 201 g/mol. The van der Waals surface area contributed by atoms with Crippen molar-refractivity contribution in [2.75, 3.05) is 0 Å². The van der Waals surface area contributed by atoms with Crippen molar-refractivity contribution in [3.05, 3.63) is 34.1 Å². The van der Waals surface area contributed by atoms with Gasteiger partial charge in [-0.2, -0.15) is 0 Å². The Hall–Kier alpha value is -0.860. The van der Waals surface area contributed by atoms with Gasteiger partial charge in [0, 0.05) is 6.20 Å². The lowest BCUT2D eigenvalue weighted by Gasteiger charge is -1.94. The average Bonchev–Trinajstić information content (AvgIpc) is 2.07. The minimum Gasteiger partial charge on any atom is -0.299 e. The van der Waals surface area contributed by atoms with Crippen LogP contribution in [0.5, 0.6) is 0 Å². The molecule has 0 aliphatic carbocycles. The number of rotatable bonds is 2. The number of allylic oxidation sites excluding steroid dienone is 1. The highest BCUT2D eigenvalue weighted by Gasteiger charge is 1.97. The Kier molecular flexibility index (Phi) is 3.26. The van der Waals surface area contributed by atoms with E-state index in [2.05, 4.69) is 4.98 Å². The summed E-state index contributed by atoms with van der Waals surface area (Å²) < 4.78 is 0. The summed E-state index contributed by atoms with van der Waals surface area (Å²) in [6.45, 7) is 0. The van der Waals surface area contributed by atoms with Crippen LogP contribution < -0.4 is 0 Å². The molecule has 0 saturated heterocycles. The fourth-order valence-electron chi connectivity index (χ4n) is 0.678. The van der Waals surface area contributed by atoms with Gasteiger partial charge in [0.1, 0.15) is 11.4 Å². The van der Waals surface area contributed by atoms with Gasteiger partial charge < -0.3 is 0 Å². The van der Waals surface area contributed by atoms with Crippen molar-refractivity contribution in [2.24, 2.45) is 0 Å². The van der Waals surface area contributed by atoms with E-state index >= 15 is 0 Å². The Balaban J connectivity index is 2.96. The first-order valence-corrected chi connectivity index (χ1v) is 3.92. The molecule has 12 heavy (non-hydrogen) atoms. The second-order valence-corrected chi connectivity index (χ2v) is 2.80. The molecule has 4 heteroatoms. The molecule has 0 atom stereocenters. The van der Waals surface area contributed by atoms with Gasteiger partial charge in [-0.05, 0) is 17.7 Å². The molecule has 1 heterocycles. The fraction of sp³-hybridized carbons (Fsp3) is 0. The highest BCUT2D eigenvalue weighted by molar-refractivity contribution is 6.41. The quantitative estimate of drug-likeness (QED) is 0.419. The molecule has 0 aliphatic rings. The van der Waals surface area contributed by atoms with Gasteiger partial charge in [0.15, 0.2) is 0 Å². The van der Waals surface area contributed by atoms with Crippen LogP contribution in [0.25, 0.3) is 6.08 Å². The molecule has 1 aromatic heterocycles. The SMILES string of the molecule is O=C/C=C/c1cnc(Cl)c(Cl)c1. The third-order valence-electron chi connectivity index (χ3n) is 1.18. The van der Waals surface area contributed by atoms with Gasteiger partial charge in [0.2, 0.25) is 0 Å². The zero-order chi connectivity index (χ0) is 8.97. The maximum absolute atomic E-state index is 9.96. The fourth-order valence-corrected chi connectivity index (χ4v) is 0.956. The van der Waals surface area contributed by atoms with Gasteiger partial charge in [-0.25, -0.2) is 4.98 Å². The van der Waals surface area contributed by atoms with Crippen molar-refractivity contribution < 1.29 is 4.79 Å². The number of carbonyl (C=O) groups is 1. The molecule has 62 valence electrons. The van der Waals surface area contributed by atoms with E-state index in [1.807, 2.05) is 0 Å². The average molecular weight is 202 g/mol. The third kappa shape index (κ3) is 2.32. The van der Waals surface area contributed by atoms with Crippen LogP contribution in [-0.4, -0.2) is 11.3 Å². The van der Waals surface area contributed by atoms with Crippen LogP contribution in [0.4, 0.5) is 0 Å². The molecule has 0 saturated carbocycles. The van der Waals surface area contributed by atoms with E-state index < -0.39 is 0 Å². The van der Waals surface area contributed by atoms with Crippen molar-refractivity contribution in [2.45, 2.75) is 0 Å². The highest BCUT2D eigenvalue weighted by atomic mass is 35.5. The second-order valence-electron chi connectivity index (χ2n) is 2.04. The van der Waals surface area contributed by atoms with Gasteiger partial charge in [0.05, 0.1) is 5.02 Å². The summed E-state index contributed by atoms with van der Waals surface area (Å²) in [7, 11) is 0. The summed E-state index contributed by atoms with van der Waals surface area (Å²) >= 11 is 11.3. The molecule has 0 aliphatic heterocycles. The zero-order valence-electron chi connectivity index (χ0n) is 6.00. The van der Waals surface area contributed by atoms with Gasteiger partial charge in [-0.1, -0.05) is 29.3 Å². The third-order valence-corrected chi connectivity index (χ3v) is 1.87. The molecule has 2 nitrogen and oxygen atoms in total. The molecule has 0 fully saturated rings. The first-order chi connectivity index (χ1) is 5.74. The van der Waals surface area contributed by atoms with Crippen molar-refractivity contribution >= 4 is 35.6 Å². The molecule has 0 aromatic carbocycles. The minimum absolute atomic E-state index is 0.264. The number of hydrogen-bond donors (Lipinski definition) is 0. The summed E-state index contributed by atoms with van der Waals surface area (Å²) in [6.07, 6.45) is 5.18. The van der Waals surface area contributed by atoms with Gasteiger partial charge in [-0.3, -0.25) is 4.79 Å². The number of halogens is 2. The molecule has 0 unspecified atom stereocenters. The van der Waals surface area contributed by atoms with E-state index in [4.69, 9.17) is 23.2 Å². The molecular formula is C8H5Cl2NO. The molecular weight excluding hydrogens is 197 g/mol. The summed E-state index contributed by atoms with van der Waals surface area (Å²) in [4.78, 5) is 13.8. The largest absolute Gasteiger partial charge is 0.299 e. The Morgan fingerprint density at radius 1 is 1.42 bits per heavy atom. The summed E-state index contributed by atoms with van der Waals surface area (Å²) in [5.41, 5.74) is 0.747. The van der Waals surface area contributed by atoms with E-state index in [1.54, 1.807) is 12.1 Å². The predicted octanol–water partition coefficient (Wildman–Crippen LogP) is 2.60. The van der Waals surface area contributed by atoms with Crippen LogP contribution in [-0.2, 0) is 4.79 Å². The maximum Gasteiger partial charge on any atom is 0.147 e. The van der Waals surface area contributed by atoms with Gasteiger partial charge in [-0.15, -0.1) is 0 Å². The number of pyridine rings is 1. The van der Waals surface area contributed by atoms with Crippen LogP contribution in [0, 0.1) is 0 Å². The Labute approximate surface area is 79.8 Å². The topological polar surface area (TPSA) is 30.0 Å². The highest BCUT2D eigenvalue weighted by Crippen LogP contribution is 2.19. The second kappa shape index (κ2) is 4.24. The lowest BCUT2D eigenvalue weighted by molar-refractivity contribution is -0.104. The zero-order valence-corrected chi connectivity index (χ0v) is 7.51. The Morgan fingerprint density at radius 3 is 2.75 bits per heavy atom. The summed E-state index contributed by atoms with van der Waals surface area (Å²) in [6, 6.07) is 1.64. The molecule has 0 amide bonds. The van der Waals surface area contributed by atoms with Crippen LogP contribution in [0.3, 0.4) is 0 Å². The normalized spacial score (nSPS) is 10.5. The lowest BCUT2D eigenvalue weighted by Crippen LogP contribution is -1.79. The number of hydrogen-bond acceptors (Lipinski definition) is 2. The molecule has 0 bridgehead atoms. The van der Waals surface area contributed by atoms with Crippen LogP contribution in [0.1, 0.15) is 5.56 Å². The van der Waals surface area contributed by atoms with E-state index in [0.717, 1.165) is 5.56 Å². The number of nitrogens with zero attached hydrogens (tertiary/aromatic N) is 1. The van der Waals surface area contributed by atoms with E-state index in [9.17, 15) is 4.79 Å². The first kappa shape index (κ1) is 9.23. The van der Waals surface area contributed by atoms with Crippen LogP contribution >= 0.6 is 23.2 Å². The lowest BCUT2D eigenvalue weighted by atomic mass is 10.3. The Morgan fingerprint density at radius 2 is 2.17 bits per heavy atom. The van der Waals surface area contributed by atoms with Crippen molar-refractivity contribution in [3.63, 3.8) is 0 Å². The molecule has 0 radical (unpaired) electrons. The predicted molar refractivity (Wildman–Crippen MR) is 49.4 cm³/mol. The minimum atomic E-state index is 0.264. The van der Waals surface area contributed by atoms with Crippen LogP contribution in [0.2, 0.25) is 10.2 Å². The van der Waals surface area contributed by atoms with E-state index in [-0.39, 0.29) is 5.15 Å². The van der Waals surface area contributed by atoms with E-state index in [0.29, 0.717) is 11.3 Å². The molecule has 0 N–H and O–H groups in total. The Bertz CT molecular complexity index is 323. The van der Waals surface area contributed by atoms with E-state index in [1.165, 1.54) is 12.3 Å². The van der Waals surface area contributed by atoms with Crippen molar-refractivity contribution in [1.82, 2.24) is 4.98 Å². The standard InChI is InChI=1S/C8H5Cl2NO/c9-7-4-6(2-1-3-12)5-11-8(7)10/h1-5H/b2-1+. The maximum atomic E-state index is 9.96. The van der Waals surface area contributed by atoms with Gasteiger partial charge in [0.25, 0.3) is 0 Å². The molecule has 1 aromatic rings. The first-order valence-electron chi connectivity index (χ1n) is 3.17. The smallest absolute Gasteiger partial charge is 0.147 e. The summed E-state index contributed by atoms with van der Waals surface area (Å²) in [5, 5.41) is 0.643.